The lowest BCUT2D eigenvalue weighted by atomic mass is 9.87. The molecule has 1 heterocycles. The summed E-state index contributed by atoms with van der Waals surface area (Å²) in [5.41, 5.74) is 10.6. The van der Waals surface area contributed by atoms with E-state index in [0.717, 1.165) is 34.4 Å². The predicted octanol–water partition coefficient (Wildman–Crippen LogP) is 4.00. The zero-order valence-corrected chi connectivity index (χ0v) is 17.3. The first-order valence-electron chi connectivity index (χ1n) is 9.66. The molecule has 1 unspecified atom stereocenters. The summed E-state index contributed by atoms with van der Waals surface area (Å²) in [5.74, 6) is -0.214. The number of nitrogens with zero attached hydrogens (tertiary/aromatic N) is 1. The van der Waals surface area contributed by atoms with E-state index in [1.165, 1.54) is 0 Å². The minimum absolute atomic E-state index is 0.0205. The van der Waals surface area contributed by atoms with Gasteiger partial charge in [-0.25, -0.2) is 0 Å². The Hall–Kier alpha value is -2.82. The number of hydrogen-bond donors (Lipinski definition) is 2. The van der Waals surface area contributed by atoms with Gasteiger partial charge < -0.3 is 16.0 Å². The van der Waals surface area contributed by atoms with Crippen molar-refractivity contribution in [1.29, 1.82) is 0 Å². The maximum absolute atomic E-state index is 13.4. The number of nitrogen functional groups attached to an aromatic ring is 1. The molecule has 2 aromatic rings. The van der Waals surface area contributed by atoms with Gasteiger partial charge >= 0.3 is 0 Å². The van der Waals surface area contributed by atoms with Crippen LogP contribution in [-0.4, -0.2) is 23.3 Å². The third-order valence-corrected chi connectivity index (χ3v) is 5.24. The smallest absolute Gasteiger partial charge is 0.251 e. The number of carbonyl (C=O) groups excluding carboxylic acids is 2. The van der Waals surface area contributed by atoms with Crippen LogP contribution >= 0.6 is 0 Å². The molecule has 1 aliphatic heterocycles. The van der Waals surface area contributed by atoms with Gasteiger partial charge in [-0.2, -0.15) is 0 Å². The number of aryl methyl sites for hydroxylation is 2. The standard InChI is InChI=1S/C23H29N3O2/c1-14-12-17(24)13-15(2)19(14)25-21(27)20-18-9-7-6-8-16(18)10-11-26(20)22(28)23(3,4)5/h6-9,12-13,20H,10-11,24H2,1-5H3,(H,25,27). The van der Waals surface area contributed by atoms with E-state index in [2.05, 4.69) is 5.32 Å². The Balaban J connectivity index is 2.02. The summed E-state index contributed by atoms with van der Waals surface area (Å²) in [6, 6.07) is 10.9. The van der Waals surface area contributed by atoms with Crippen molar-refractivity contribution in [2.75, 3.05) is 17.6 Å². The number of nitrogens with one attached hydrogen (secondary N) is 1. The predicted molar refractivity (Wildman–Crippen MR) is 113 cm³/mol. The third kappa shape index (κ3) is 3.75. The van der Waals surface area contributed by atoms with Crippen LogP contribution in [0.15, 0.2) is 36.4 Å². The summed E-state index contributed by atoms with van der Waals surface area (Å²) in [4.78, 5) is 28.3. The normalized spacial score (nSPS) is 16.5. The van der Waals surface area contributed by atoms with E-state index < -0.39 is 11.5 Å². The molecule has 0 bridgehead atoms. The number of carbonyl (C=O) groups is 2. The van der Waals surface area contributed by atoms with Crippen LogP contribution in [-0.2, 0) is 16.0 Å². The van der Waals surface area contributed by atoms with E-state index in [4.69, 9.17) is 5.73 Å². The van der Waals surface area contributed by atoms with Gasteiger partial charge in [-0.3, -0.25) is 9.59 Å². The lowest BCUT2D eigenvalue weighted by Gasteiger charge is -2.39. The zero-order chi connectivity index (χ0) is 20.6. The van der Waals surface area contributed by atoms with Crippen molar-refractivity contribution >= 4 is 23.2 Å². The molecular weight excluding hydrogens is 350 g/mol. The Kier molecular flexibility index (Phi) is 5.20. The molecule has 0 aliphatic carbocycles. The average molecular weight is 380 g/mol. The second-order valence-corrected chi connectivity index (χ2v) is 8.62. The van der Waals surface area contributed by atoms with E-state index in [9.17, 15) is 9.59 Å². The summed E-state index contributed by atoms with van der Waals surface area (Å²) < 4.78 is 0. The summed E-state index contributed by atoms with van der Waals surface area (Å²) in [6.45, 7) is 10.0. The van der Waals surface area contributed by atoms with E-state index in [0.29, 0.717) is 12.2 Å². The molecule has 1 atom stereocenters. The Morgan fingerprint density at radius 1 is 1.11 bits per heavy atom. The van der Waals surface area contributed by atoms with Crippen LogP contribution in [0.4, 0.5) is 11.4 Å². The number of rotatable bonds is 2. The number of nitrogens with two attached hydrogens (primary N) is 1. The third-order valence-electron chi connectivity index (χ3n) is 5.24. The largest absolute Gasteiger partial charge is 0.399 e. The molecule has 0 radical (unpaired) electrons. The van der Waals surface area contributed by atoms with Crippen molar-refractivity contribution in [3.63, 3.8) is 0 Å². The van der Waals surface area contributed by atoms with E-state index >= 15 is 0 Å². The van der Waals surface area contributed by atoms with Crippen molar-refractivity contribution in [3.8, 4) is 0 Å². The van der Waals surface area contributed by atoms with Crippen LogP contribution in [0.2, 0.25) is 0 Å². The van der Waals surface area contributed by atoms with Gasteiger partial charge in [-0.15, -0.1) is 0 Å². The van der Waals surface area contributed by atoms with Crippen LogP contribution in [0.25, 0.3) is 0 Å². The van der Waals surface area contributed by atoms with Crippen molar-refractivity contribution in [3.05, 3.63) is 58.7 Å². The number of hydrogen-bond acceptors (Lipinski definition) is 3. The highest BCUT2D eigenvalue weighted by Gasteiger charge is 2.39. The monoisotopic (exact) mass is 379 g/mol. The summed E-state index contributed by atoms with van der Waals surface area (Å²) >= 11 is 0. The topological polar surface area (TPSA) is 75.4 Å². The van der Waals surface area contributed by atoms with Crippen LogP contribution < -0.4 is 11.1 Å². The summed E-state index contributed by atoms with van der Waals surface area (Å²) in [7, 11) is 0. The molecule has 3 rings (SSSR count). The highest BCUT2D eigenvalue weighted by atomic mass is 16.2. The van der Waals surface area contributed by atoms with Crippen LogP contribution in [0.1, 0.15) is 49.1 Å². The second kappa shape index (κ2) is 7.30. The molecule has 3 N–H and O–H groups in total. The van der Waals surface area contributed by atoms with Crippen molar-refractivity contribution in [2.45, 2.75) is 47.1 Å². The highest BCUT2D eigenvalue weighted by molar-refractivity contribution is 6.00. The van der Waals surface area contributed by atoms with Crippen LogP contribution in [0.3, 0.4) is 0 Å². The quantitative estimate of drug-likeness (QED) is 0.775. The second-order valence-electron chi connectivity index (χ2n) is 8.62. The highest BCUT2D eigenvalue weighted by Crippen LogP contribution is 2.35. The molecule has 2 aromatic carbocycles. The van der Waals surface area contributed by atoms with E-state index in [1.54, 1.807) is 4.90 Å². The SMILES string of the molecule is Cc1cc(N)cc(C)c1NC(=O)C1c2ccccc2CCN1C(=O)C(C)(C)C. The van der Waals surface area contributed by atoms with Crippen molar-refractivity contribution in [1.82, 2.24) is 4.90 Å². The number of benzene rings is 2. The summed E-state index contributed by atoms with van der Waals surface area (Å²) in [6.07, 6.45) is 0.752. The van der Waals surface area contributed by atoms with Gasteiger partial charge in [-0.05, 0) is 54.7 Å². The van der Waals surface area contributed by atoms with Crippen molar-refractivity contribution < 1.29 is 9.59 Å². The Morgan fingerprint density at radius 2 is 1.71 bits per heavy atom. The minimum atomic E-state index is -0.645. The average Bonchev–Trinajstić information content (AvgIpc) is 2.62. The Labute approximate surface area is 166 Å². The van der Waals surface area contributed by atoms with Gasteiger partial charge in [0.2, 0.25) is 5.91 Å². The zero-order valence-electron chi connectivity index (χ0n) is 17.3. The number of anilines is 2. The molecule has 2 amide bonds. The van der Waals surface area contributed by atoms with Gasteiger partial charge in [-0.1, -0.05) is 45.0 Å². The van der Waals surface area contributed by atoms with Gasteiger partial charge in [0.15, 0.2) is 0 Å². The van der Waals surface area contributed by atoms with Gasteiger partial charge in [0.1, 0.15) is 6.04 Å². The molecule has 28 heavy (non-hydrogen) atoms. The van der Waals surface area contributed by atoms with Crippen molar-refractivity contribution in [2.24, 2.45) is 5.41 Å². The van der Waals surface area contributed by atoms with Gasteiger partial charge in [0.25, 0.3) is 5.91 Å². The van der Waals surface area contributed by atoms with E-state index in [-0.39, 0.29) is 11.8 Å². The number of amides is 2. The molecule has 0 aromatic heterocycles. The van der Waals surface area contributed by atoms with E-state index in [1.807, 2.05) is 71.0 Å². The molecule has 5 heteroatoms. The number of fused-ring (bicyclic) bond motifs is 1. The fourth-order valence-electron chi connectivity index (χ4n) is 3.88. The molecule has 1 aliphatic rings. The molecule has 0 fully saturated rings. The van der Waals surface area contributed by atoms with Crippen LogP contribution in [0, 0.1) is 19.3 Å². The fraction of sp³-hybridized carbons (Fsp3) is 0.391. The minimum Gasteiger partial charge on any atom is -0.399 e. The maximum Gasteiger partial charge on any atom is 0.251 e. The first-order valence-corrected chi connectivity index (χ1v) is 9.66. The molecule has 148 valence electrons. The lowest BCUT2D eigenvalue weighted by Crippen LogP contribution is -2.49. The summed E-state index contributed by atoms with van der Waals surface area (Å²) in [5, 5.41) is 3.06. The molecular formula is C23H29N3O2. The molecule has 0 spiro atoms. The first kappa shape index (κ1) is 19.9. The maximum atomic E-state index is 13.4. The molecule has 0 saturated heterocycles. The molecule has 0 saturated carbocycles. The lowest BCUT2D eigenvalue weighted by molar-refractivity contribution is -0.146. The van der Waals surface area contributed by atoms with Gasteiger partial charge in [0, 0.05) is 23.3 Å². The fourth-order valence-corrected chi connectivity index (χ4v) is 3.88. The molecule has 5 nitrogen and oxygen atoms in total. The Bertz CT molecular complexity index is 905. The first-order chi connectivity index (χ1) is 13.1. The van der Waals surface area contributed by atoms with Gasteiger partial charge in [0.05, 0.1) is 0 Å². The Morgan fingerprint density at radius 3 is 2.32 bits per heavy atom. The van der Waals surface area contributed by atoms with Crippen LogP contribution in [0.5, 0.6) is 0 Å².